The second-order valence-electron chi connectivity index (χ2n) is 8.80. The number of fused-ring (bicyclic) bond motifs is 1. The van der Waals surface area contributed by atoms with Crippen LogP contribution in [-0.2, 0) is 11.2 Å². The number of hydrogen-bond donors (Lipinski definition) is 1. The minimum atomic E-state index is -0.365. The first kappa shape index (κ1) is 24.0. The Kier molecular flexibility index (Phi) is 8.12. The molecule has 0 unspecified atom stereocenters. The number of benzene rings is 1. The molecule has 3 rings (SSSR count). The van der Waals surface area contributed by atoms with E-state index in [0.717, 1.165) is 12.0 Å². The van der Waals surface area contributed by atoms with Crippen LogP contribution in [0.1, 0.15) is 44.2 Å². The van der Waals surface area contributed by atoms with Crippen molar-refractivity contribution in [2.24, 2.45) is 5.92 Å². The van der Waals surface area contributed by atoms with Crippen molar-refractivity contribution < 1.29 is 18.7 Å². The van der Waals surface area contributed by atoms with Gasteiger partial charge in [-0.05, 0) is 55.3 Å². The zero-order chi connectivity index (χ0) is 23.3. The van der Waals surface area contributed by atoms with Crippen LogP contribution in [0.3, 0.4) is 0 Å². The maximum Gasteiger partial charge on any atom is 0.318 e. The highest BCUT2D eigenvalue weighted by Crippen LogP contribution is 2.34. The van der Waals surface area contributed by atoms with E-state index in [1.54, 1.807) is 33.3 Å². The number of amides is 3. The van der Waals surface area contributed by atoms with Gasteiger partial charge in [0, 0.05) is 30.1 Å². The van der Waals surface area contributed by atoms with Gasteiger partial charge in [-0.2, -0.15) is 0 Å². The summed E-state index contributed by atoms with van der Waals surface area (Å²) in [6.07, 6.45) is 0.775. The fraction of sp³-hybridized carbons (Fsp3) is 0.500. The van der Waals surface area contributed by atoms with Crippen LogP contribution in [0.5, 0.6) is 5.75 Å². The molecule has 1 aliphatic rings. The van der Waals surface area contributed by atoms with E-state index in [2.05, 4.69) is 5.32 Å². The maximum atomic E-state index is 13.6. The first-order valence-corrected chi connectivity index (χ1v) is 11.9. The molecule has 2 heterocycles. The quantitative estimate of drug-likeness (QED) is 0.631. The molecule has 1 N–H and O–H groups in total. The number of halogens is 1. The Morgan fingerprint density at radius 1 is 1.28 bits per heavy atom. The topological polar surface area (TPSA) is 61.9 Å². The van der Waals surface area contributed by atoms with Crippen molar-refractivity contribution in [2.75, 3.05) is 26.2 Å². The molecule has 0 aliphatic carbocycles. The van der Waals surface area contributed by atoms with Crippen LogP contribution >= 0.6 is 11.3 Å². The lowest BCUT2D eigenvalue weighted by atomic mass is 10.0. The fourth-order valence-electron chi connectivity index (χ4n) is 3.86. The van der Waals surface area contributed by atoms with Gasteiger partial charge < -0.3 is 19.9 Å². The molecule has 0 saturated carbocycles. The summed E-state index contributed by atoms with van der Waals surface area (Å²) in [6.45, 7) is 9.12. The summed E-state index contributed by atoms with van der Waals surface area (Å²) >= 11 is 1.67. The lowest BCUT2D eigenvalue weighted by molar-refractivity contribution is -0.135. The van der Waals surface area contributed by atoms with Gasteiger partial charge in [0.1, 0.15) is 24.7 Å². The number of thiophene rings is 1. The van der Waals surface area contributed by atoms with Gasteiger partial charge in [-0.15, -0.1) is 11.3 Å². The monoisotopic (exact) mass is 461 g/mol. The van der Waals surface area contributed by atoms with Crippen molar-refractivity contribution in [3.63, 3.8) is 0 Å². The number of nitrogens with one attached hydrogen (secondary N) is 1. The fourth-order valence-corrected chi connectivity index (χ4v) is 4.79. The van der Waals surface area contributed by atoms with Crippen molar-refractivity contribution >= 4 is 23.3 Å². The Balaban J connectivity index is 1.76. The Bertz CT molecular complexity index is 931. The van der Waals surface area contributed by atoms with Crippen LogP contribution in [0.25, 0.3) is 0 Å². The molecular formula is C24H32FN3O3S. The van der Waals surface area contributed by atoms with Crippen LogP contribution in [0, 0.1) is 11.7 Å². The summed E-state index contributed by atoms with van der Waals surface area (Å²) in [4.78, 5) is 30.7. The van der Waals surface area contributed by atoms with Crippen LogP contribution in [0.2, 0.25) is 0 Å². The summed E-state index contributed by atoms with van der Waals surface area (Å²) in [5.41, 5.74) is 1.06. The molecule has 0 radical (unpaired) electrons. The number of carbonyl (C=O) groups excluding carboxylic acids is 2. The lowest BCUT2D eigenvalue weighted by Gasteiger charge is -2.37. The summed E-state index contributed by atoms with van der Waals surface area (Å²) in [5.74, 6) is 0.181. The number of nitrogens with zero attached hydrogens (tertiary/aromatic N) is 2. The van der Waals surface area contributed by atoms with E-state index in [9.17, 15) is 14.0 Å². The van der Waals surface area contributed by atoms with Gasteiger partial charge in [0.2, 0.25) is 5.91 Å². The van der Waals surface area contributed by atoms with Gasteiger partial charge >= 0.3 is 6.03 Å². The predicted molar refractivity (Wildman–Crippen MR) is 124 cm³/mol. The van der Waals surface area contributed by atoms with Crippen LogP contribution < -0.4 is 10.1 Å². The van der Waals surface area contributed by atoms with E-state index in [0.29, 0.717) is 18.8 Å². The Labute approximate surface area is 193 Å². The van der Waals surface area contributed by atoms with Crippen LogP contribution in [0.15, 0.2) is 35.7 Å². The van der Waals surface area contributed by atoms with Crippen LogP contribution in [-0.4, -0.2) is 54.0 Å². The van der Waals surface area contributed by atoms with E-state index < -0.39 is 0 Å². The van der Waals surface area contributed by atoms with E-state index in [-0.39, 0.29) is 48.9 Å². The molecule has 0 fully saturated rings. The SMILES string of the molecule is CC(C)CN(CC(=O)N1CCc2sccc2[C@@H]1COc1cccc(F)c1)C(=O)NC(C)C. The molecule has 8 heteroatoms. The lowest BCUT2D eigenvalue weighted by Crippen LogP contribution is -2.51. The van der Waals surface area contributed by atoms with Crippen molar-refractivity contribution in [2.45, 2.75) is 46.2 Å². The first-order valence-electron chi connectivity index (χ1n) is 11.0. The van der Waals surface area contributed by atoms with Crippen molar-refractivity contribution in [3.8, 4) is 5.75 Å². The largest absolute Gasteiger partial charge is 0.491 e. The predicted octanol–water partition coefficient (Wildman–Crippen LogP) is 4.47. The normalized spacial score (nSPS) is 15.6. The molecule has 1 atom stereocenters. The molecule has 1 aliphatic heterocycles. The molecule has 3 amide bonds. The number of rotatable bonds is 8. The maximum absolute atomic E-state index is 13.6. The second-order valence-corrected chi connectivity index (χ2v) is 9.80. The number of ether oxygens (including phenoxy) is 1. The van der Waals surface area contributed by atoms with E-state index in [4.69, 9.17) is 4.74 Å². The number of hydrogen-bond acceptors (Lipinski definition) is 4. The minimum absolute atomic E-state index is 0.00662. The van der Waals surface area contributed by atoms with Crippen molar-refractivity contribution in [1.29, 1.82) is 0 Å². The Morgan fingerprint density at radius 2 is 2.06 bits per heavy atom. The highest BCUT2D eigenvalue weighted by atomic mass is 32.1. The molecule has 32 heavy (non-hydrogen) atoms. The molecule has 0 spiro atoms. The molecule has 0 saturated heterocycles. The molecule has 174 valence electrons. The summed E-state index contributed by atoms with van der Waals surface area (Å²) in [6, 6.07) is 7.50. The smallest absolute Gasteiger partial charge is 0.318 e. The zero-order valence-electron chi connectivity index (χ0n) is 19.1. The van der Waals surface area contributed by atoms with E-state index in [1.807, 2.05) is 39.1 Å². The van der Waals surface area contributed by atoms with Gasteiger partial charge in [0.25, 0.3) is 0 Å². The molecule has 1 aromatic carbocycles. The average Bonchev–Trinajstić information content (AvgIpc) is 3.19. The minimum Gasteiger partial charge on any atom is -0.491 e. The Morgan fingerprint density at radius 3 is 2.75 bits per heavy atom. The van der Waals surface area contributed by atoms with Gasteiger partial charge in [-0.1, -0.05) is 19.9 Å². The third-order valence-electron chi connectivity index (χ3n) is 5.23. The zero-order valence-corrected chi connectivity index (χ0v) is 20.0. The molecule has 2 aromatic rings. The van der Waals surface area contributed by atoms with Crippen molar-refractivity contribution in [3.05, 3.63) is 52.0 Å². The van der Waals surface area contributed by atoms with Gasteiger partial charge in [0.05, 0.1) is 6.04 Å². The van der Waals surface area contributed by atoms with Gasteiger partial charge in [-0.25, -0.2) is 9.18 Å². The Hall–Kier alpha value is -2.61. The average molecular weight is 462 g/mol. The first-order chi connectivity index (χ1) is 15.2. The van der Waals surface area contributed by atoms with E-state index in [1.165, 1.54) is 17.0 Å². The van der Waals surface area contributed by atoms with Gasteiger partial charge in [0.15, 0.2) is 0 Å². The second kappa shape index (κ2) is 10.8. The summed E-state index contributed by atoms with van der Waals surface area (Å²) < 4.78 is 19.4. The van der Waals surface area contributed by atoms with Gasteiger partial charge in [-0.3, -0.25) is 4.79 Å². The van der Waals surface area contributed by atoms with E-state index >= 15 is 0 Å². The van der Waals surface area contributed by atoms with Crippen molar-refractivity contribution in [1.82, 2.24) is 15.1 Å². The number of carbonyl (C=O) groups is 2. The summed E-state index contributed by atoms with van der Waals surface area (Å²) in [7, 11) is 0. The molecule has 0 bridgehead atoms. The highest BCUT2D eigenvalue weighted by molar-refractivity contribution is 7.10. The summed E-state index contributed by atoms with van der Waals surface area (Å²) in [5, 5.41) is 4.91. The number of urea groups is 1. The molecule has 6 nitrogen and oxygen atoms in total. The third-order valence-corrected chi connectivity index (χ3v) is 6.23. The standard InChI is InChI=1S/C24H32FN3O3S/c1-16(2)13-27(24(30)26-17(3)4)14-23(29)28-10-8-22-20(9-11-32-22)21(28)15-31-19-7-5-6-18(25)12-19/h5-7,9,11-12,16-17,21H,8,10,13-15H2,1-4H3,(H,26,30)/t21-/m0/s1. The van der Waals surface area contributed by atoms with Crippen LogP contribution in [0.4, 0.5) is 9.18 Å². The third kappa shape index (κ3) is 6.22. The highest BCUT2D eigenvalue weighted by Gasteiger charge is 2.33. The molecule has 1 aromatic heterocycles. The molecular weight excluding hydrogens is 429 g/mol.